The van der Waals surface area contributed by atoms with E-state index >= 15 is 0 Å². The summed E-state index contributed by atoms with van der Waals surface area (Å²) in [4.78, 5) is 98.9. The fraction of sp³-hybridized carbons (Fsp3) is 0.690. The molecule has 17 heteroatoms. The van der Waals surface area contributed by atoms with Crippen molar-refractivity contribution in [2.75, 3.05) is 6.54 Å². The van der Waals surface area contributed by atoms with Crippen molar-refractivity contribution in [3.8, 4) is 0 Å². The second-order valence-corrected chi connectivity index (χ2v) is 28.3. The molecule has 0 spiro atoms. The second kappa shape index (κ2) is 31.8. The molecule has 2 amide bonds. The zero-order chi connectivity index (χ0) is 43.9. The van der Waals surface area contributed by atoms with Crippen LogP contribution >= 0.6 is 0 Å². The van der Waals surface area contributed by atoms with Crippen LogP contribution in [0.25, 0.3) is 0 Å². The number of ether oxygens (including phenoxy) is 3. The minimum atomic E-state index is -2.72. The summed E-state index contributed by atoms with van der Waals surface area (Å²) in [5.74, 6) is -3.21. The molecule has 332 valence electrons. The van der Waals surface area contributed by atoms with E-state index in [2.05, 4.69) is 37.1 Å². The molecule has 0 aliphatic carbocycles. The third-order valence-electron chi connectivity index (χ3n) is 10.3. The number of carbonyl (C=O) groups is 8. The fourth-order valence-electron chi connectivity index (χ4n) is 6.91. The van der Waals surface area contributed by atoms with Gasteiger partial charge in [0.2, 0.25) is 12.2 Å². The van der Waals surface area contributed by atoms with Gasteiger partial charge in [0.05, 0.1) is 0 Å². The molecule has 3 atom stereocenters. The number of nitrogens with zero attached hydrogens (tertiary/aromatic N) is 1. The molecule has 1 heterocycles. The minimum absolute atomic E-state index is 0.0242. The predicted molar refractivity (Wildman–Crippen MR) is 222 cm³/mol. The summed E-state index contributed by atoms with van der Waals surface area (Å²) in [7, 11) is 0. The van der Waals surface area contributed by atoms with E-state index < -0.39 is 61.3 Å². The molecule has 0 aliphatic heterocycles. The molecule has 59 heavy (non-hydrogen) atoms. The Morgan fingerprint density at radius 1 is 0.746 bits per heavy atom. The van der Waals surface area contributed by atoms with Gasteiger partial charge in [-0.3, -0.25) is 24.0 Å². The summed E-state index contributed by atoms with van der Waals surface area (Å²) in [5.41, 5.74) is 0.695. The summed E-state index contributed by atoms with van der Waals surface area (Å²) < 4.78 is 20.1. The van der Waals surface area contributed by atoms with Gasteiger partial charge in [-0.2, -0.15) is 0 Å². The van der Waals surface area contributed by atoms with Gasteiger partial charge in [0.1, 0.15) is 6.04 Å². The van der Waals surface area contributed by atoms with Crippen LogP contribution in [0.4, 0.5) is 4.79 Å². The van der Waals surface area contributed by atoms with Gasteiger partial charge in [0.15, 0.2) is 0 Å². The molecule has 0 radical (unpaired) electrons. The molecule has 0 fully saturated rings. The topological polar surface area (TPSA) is 242 Å². The third-order valence-corrected chi connectivity index (χ3v) is 25.8. The van der Waals surface area contributed by atoms with Crippen molar-refractivity contribution in [3.63, 3.8) is 0 Å². The first-order valence-electron chi connectivity index (χ1n) is 21.2. The summed E-state index contributed by atoms with van der Waals surface area (Å²) >= 11 is -2.72. The summed E-state index contributed by atoms with van der Waals surface area (Å²) in [6.45, 7) is 7.33. The van der Waals surface area contributed by atoms with Crippen LogP contribution < -0.4 is 14.2 Å². The molecule has 16 nitrogen and oxygen atoms in total. The van der Waals surface area contributed by atoms with Gasteiger partial charge < -0.3 is 30.3 Å². The van der Waals surface area contributed by atoms with Gasteiger partial charge in [-0.15, -0.1) is 0 Å². The van der Waals surface area contributed by atoms with Crippen molar-refractivity contribution in [1.29, 1.82) is 0 Å². The first-order valence-corrected chi connectivity index (χ1v) is 28.7. The van der Waals surface area contributed by atoms with E-state index in [0.717, 1.165) is 6.42 Å². The van der Waals surface area contributed by atoms with E-state index in [1.807, 2.05) is 11.5 Å². The number of aliphatic carboxylic acids is 2. The van der Waals surface area contributed by atoms with Gasteiger partial charge in [-0.1, -0.05) is 0 Å². The number of hydrogen-bond acceptors (Lipinski definition) is 12. The van der Waals surface area contributed by atoms with E-state index in [-0.39, 0.29) is 62.6 Å². The molecule has 0 saturated carbocycles. The number of hydrogen-bond donors (Lipinski definition) is 4. The summed E-state index contributed by atoms with van der Waals surface area (Å²) in [6.07, 6.45) is 10.4. The quantitative estimate of drug-likeness (QED) is 0.0186. The van der Waals surface area contributed by atoms with E-state index in [1.54, 1.807) is 6.20 Å². The molecule has 0 bridgehead atoms. The molecule has 0 aliphatic rings. The average Bonchev–Trinajstić information content (AvgIpc) is 3.21. The molecule has 1 aromatic rings. The molecule has 4 N–H and O–H groups in total. The van der Waals surface area contributed by atoms with Crippen molar-refractivity contribution in [2.24, 2.45) is 0 Å². The molecule has 0 aromatic carbocycles. The first kappa shape index (κ1) is 52.9. The van der Waals surface area contributed by atoms with Crippen LogP contribution in [0.1, 0.15) is 153 Å². The third kappa shape index (κ3) is 23.3. The number of carbonyl (C=O) groups excluding carboxylic acids is 6. The van der Waals surface area contributed by atoms with Gasteiger partial charge in [0.25, 0.3) is 6.47 Å². The van der Waals surface area contributed by atoms with E-state index in [9.17, 15) is 38.4 Å². The number of ketones is 2. The number of alkyl carbamates (subject to hydrolysis) is 1. The zero-order valence-electron chi connectivity index (χ0n) is 35.2. The first-order chi connectivity index (χ1) is 28.3. The number of nitrogens with one attached hydrogen (secondary N) is 2. The zero-order valence-corrected chi connectivity index (χ0v) is 38.1. The molecule has 1 unspecified atom stereocenters. The molecule has 1 rings (SSSR count). The normalized spacial score (nSPS) is 12.7. The van der Waals surface area contributed by atoms with E-state index in [0.29, 0.717) is 50.6 Å². The number of carboxylic acid groups (broad SMARTS) is 2. The molecule has 1 aromatic heterocycles. The van der Waals surface area contributed by atoms with E-state index in [4.69, 9.17) is 24.4 Å². The number of unbranched alkanes of at least 4 members (excludes halogenated alkanes) is 6. The number of pyridine rings is 1. The Morgan fingerprint density at radius 2 is 1.39 bits per heavy atom. The van der Waals surface area contributed by atoms with Crippen LogP contribution in [0.3, 0.4) is 0 Å². The number of amides is 2. The summed E-state index contributed by atoms with van der Waals surface area (Å²) in [5, 5.41) is 22.6. The standard InChI is InChI=1S/C30H40N3O13.3C4H9.Sn/c34-19-44-23(8-2-1-3-9-25(37)21-7-6-15-31-18-21)17-22(36)11-13-26(38)32-16-5-4-10-28(45-20-35)46-30(43)33-24(29(41)42)12-14-27(39)40;3*1-3-4-2;/h7,15,18-20,23-24,28H,1-5,8-14,16-17H2,(H,32,38)(H,33,43)(H,39,40)(H,41,42);3*1,3-4H2,2H3;/t23?,24-,28-;;;;/m0..../s1. The maximum atomic E-state index is 13.3. The Labute approximate surface area is 352 Å². The van der Waals surface area contributed by atoms with Crippen LogP contribution in [-0.4, -0.2) is 107 Å². The number of carboxylic acids is 2. The van der Waals surface area contributed by atoms with Crippen LogP contribution in [-0.2, 0) is 43.0 Å². The molecular formula is C42H67N3O13Sn. The van der Waals surface area contributed by atoms with Crippen molar-refractivity contribution in [3.05, 3.63) is 24.0 Å². The average molecular weight is 941 g/mol. The van der Waals surface area contributed by atoms with Crippen LogP contribution in [0.5, 0.6) is 0 Å². The van der Waals surface area contributed by atoms with Gasteiger partial charge in [0, 0.05) is 32.2 Å². The number of Topliss-reactive ketones (excluding diaryl/α,β-unsaturated/α-hetero) is 2. The van der Waals surface area contributed by atoms with E-state index in [1.165, 1.54) is 55.4 Å². The Balaban J connectivity index is 2.48. The Morgan fingerprint density at radius 3 is 1.98 bits per heavy atom. The number of rotatable bonds is 37. The summed E-state index contributed by atoms with van der Waals surface area (Å²) in [6, 6.07) is 0.642. The second-order valence-electron chi connectivity index (χ2n) is 15.1. The van der Waals surface area contributed by atoms with Gasteiger partial charge >= 0.3 is 214 Å². The van der Waals surface area contributed by atoms with Crippen molar-refractivity contribution >= 4 is 70.4 Å². The predicted octanol–water partition coefficient (Wildman–Crippen LogP) is 6.38. The van der Waals surface area contributed by atoms with Gasteiger partial charge in [-0.25, -0.2) is 9.59 Å². The Hall–Kier alpha value is -4.09. The molecule has 0 saturated heterocycles. The van der Waals surface area contributed by atoms with Crippen LogP contribution in [0, 0.1) is 0 Å². The van der Waals surface area contributed by atoms with Crippen LogP contribution in [0.2, 0.25) is 13.3 Å². The Bertz CT molecular complexity index is 1440. The van der Waals surface area contributed by atoms with Gasteiger partial charge in [-0.05, 0) is 19.3 Å². The monoisotopic (exact) mass is 941 g/mol. The Kier molecular flexibility index (Phi) is 28.5. The maximum absolute atomic E-state index is 13.3. The van der Waals surface area contributed by atoms with Crippen molar-refractivity contribution < 1.29 is 62.8 Å². The van der Waals surface area contributed by atoms with Crippen molar-refractivity contribution in [1.82, 2.24) is 15.6 Å². The fourth-order valence-corrected chi connectivity index (χ4v) is 22.7. The van der Waals surface area contributed by atoms with Crippen LogP contribution in [0.15, 0.2) is 18.5 Å². The van der Waals surface area contributed by atoms with Crippen molar-refractivity contribution in [2.45, 2.75) is 175 Å². The SMILES string of the molecule is CCC[CH2][Sn]([CH2]CCC)([CH2]CCC)[c]1cncc(C(=O)CCCCCC(CC(=O)CCC(=O)NCCCC[C@@H](OC=O)OC(=O)N[C@@H](CCC(=O)O)C(=O)O)OC=O)c1. The number of aromatic nitrogens is 1. The molecular weight excluding hydrogens is 873 g/mol.